The molecule has 1 fully saturated rings. The van der Waals surface area contributed by atoms with Gasteiger partial charge >= 0.3 is 0 Å². The summed E-state index contributed by atoms with van der Waals surface area (Å²) in [7, 11) is 0. The summed E-state index contributed by atoms with van der Waals surface area (Å²) in [5.41, 5.74) is 7.69. The van der Waals surface area contributed by atoms with Crippen LogP contribution in [0.1, 0.15) is 44.4 Å². The smallest absolute Gasteiger partial charge is 0.247 e. The van der Waals surface area contributed by atoms with Crippen LogP contribution in [0.4, 0.5) is 5.69 Å². The van der Waals surface area contributed by atoms with Crippen LogP contribution in [-0.4, -0.2) is 9.97 Å². The molecule has 1 saturated carbocycles. The fraction of sp³-hybridized carbons (Fsp3) is 0.571. The van der Waals surface area contributed by atoms with Gasteiger partial charge in [0.1, 0.15) is 5.52 Å². The quantitative estimate of drug-likeness (QED) is 0.900. The summed E-state index contributed by atoms with van der Waals surface area (Å²) in [4.78, 5) is 8.59. The Hall–Kier alpha value is -1.58. The summed E-state index contributed by atoms with van der Waals surface area (Å²) < 4.78 is 5.64. The van der Waals surface area contributed by atoms with E-state index in [1.807, 2.05) is 6.07 Å². The average Bonchev–Trinajstić information content (AvgIpc) is 2.79. The van der Waals surface area contributed by atoms with Crippen molar-refractivity contribution in [2.24, 2.45) is 5.92 Å². The fourth-order valence-corrected chi connectivity index (χ4v) is 2.79. The van der Waals surface area contributed by atoms with E-state index >= 15 is 0 Å². The van der Waals surface area contributed by atoms with Crippen molar-refractivity contribution >= 4 is 16.9 Å². The Balaban J connectivity index is 1.67. The van der Waals surface area contributed by atoms with Gasteiger partial charge in [-0.05, 0) is 18.4 Å². The molecule has 0 bridgehead atoms. The highest BCUT2D eigenvalue weighted by Crippen LogP contribution is 2.27. The van der Waals surface area contributed by atoms with E-state index in [4.69, 9.17) is 10.2 Å². The van der Waals surface area contributed by atoms with Crippen LogP contribution in [0.3, 0.4) is 0 Å². The maximum atomic E-state index is 5.68. The van der Waals surface area contributed by atoms with Crippen molar-refractivity contribution in [2.45, 2.75) is 44.9 Å². The first-order chi connectivity index (χ1) is 8.81. The van der Waals surface area contributed by atoms with Gasteiger partial charge in [0, 0.05) is 6.42 Å². The molecule has 0 unspecified atom stereocenters. The normalized spacial score (nSPS) is 17.3. The number of hydrogen-bond donors (Lipinski definition) is 1. The molecule has 0 spiro atoms. The molecule has 3 rings (SSSR count). The molecule has 4 nitrogen and oxygen atoms in total. The largest absolute Gasteiger partial charge is 0.422 e. The Kier molecular flexibility index (Phi) is 3.17. The monoisotopic (exact) mass is 245 g/mol. The highest BCUT2D eigenvalue weighted by molar-refractivity contribution is 5.71. The number of anilines is 1. The van der Waals surface area contributed by atoms with Crippen molar-refractivity contribution in [1.29, 1.82) is 0 Å². The molecule has 18 heavy (non-hydrogen) atoms. The van der Waals surface area contributed by atoms with Crippen molar-refractivity contribution in [1.82, 2.24) is 9.97 Å². The van der Waals surface area contributed by atoms with Gasteiger partial charge in [-0.3, -0.25) is 0 Å². The van der Waals surface area contributed by atoms with Gasteiger partial charge in [-0.2, -0.15) is 0 Å². The summed E-state index contributed by atoms with van der Waals surface area (Å²) in [6.07, 6.45) is 10.6. The topological polar surface area (TPSA) is 64.9 Å². The van der Waals surface area contributed by atoms with Gasteiger partial charge in [-0.1, -0.05) is 32.1 Å². The minimum Gasteiger partial charge on any atom is -0.422 e. The van der Waals surface area contributed by atoms with Crippen LogP contribution in [0.2, 0.25) is 0 Å². The number of aryl methyl sites for hydroxylation is 1. The number of pyridine rings is 1. The second kappa shape index (κ2) is 4.96. The number of nitrogens with two attached hydrogens (primary N) is 1. The van der Waals surface area contributed by atoms with E-state index in [2.05, 4.69) is 9.97 Å². The Morgan fingerprint density at radius 1 is 1.28 bits per heavy atom. The summed E-state index contributed by atoms with van der Waals surface area (Å²) in [5.74, 6) is 1.65. The molecule has 0 aliphatic heterocycles. The van der Waals surface area contributed by atoms with E-state index in [9.17, 15) is 0 Å². The lowest BCUT2D eigenvalue weighted by atomic mass is 9.86. The SMILES string of the molecule is Nc1cnc2oc(CCC3CCCCC3)nc2c1. The van der Waals surface area contributed by atoms with Crippen LogP contribution in [0.5, 0.6) is 0 Å². The lowest BCUT2D eigenvalue weighted by molar-refractivity contribution is 0.329. The first kappa shape index (κ1) is 11.5. The third-order valence-corrected chi connectivity index (χ3v) is 3.80. The highest BCUT2D eigenvalue weighted by Gasteiger charge is 2.15. The number of aromatic nitrogens is 2. The van der Waals surface area contributed by atoms with Gasteiger partial charge in [0.25, 0.3) is 0 Å². The molecule has 0 atom stereocenters. The van der Waals surface area contributed by atoms with E-state index in [-0.39, 0.29) is 0 Å². The first-order valence-corrected chi connectivity index (χ1v) is 6.82. The molecular formula is C14H19N3O. The van der Waals surface area contributed by atoms with Crippen molar-refractivity contribution in [2.75, 3.05) is 5.73 Å². The molecule has 2 heterocycles. The van der Waals surface area contributed by atoms with E-state index < -0.39 is 0 Å². The lowest BCUT2D eigenvalue weighted by Crippen LogP contribution is -2.07. The van der Waals surface area contributed by atoms with Gasteiger partial charge in [0.15, 0.2) is 5.89 Å². The maximum absolute atomic E-state index is 5.68. The standard InChI is InChI=1S/C14H19N3O/c15-11-8-12-14(16-9-11)18-13(17-12)7-6-10-4-2-1-3-5-10/h8-10H,1-7,15H2. The van der Waals surface area contributed by atoms with Crippen molar-refractivity contribution < 1.29 is 4.42 Å². The molecule has 0 amide bonds. The molecule has 1 aliphatic carbocycles. The Labute approximate surface area is 107 Å². The number of rotatable bonds is 3. The second-order valence-corrected chi connectivity index (χ2v) is 5.24. The zero-order chi connectivity index (χ0) is 12.4. The van der Waals surface area contributed by atoms with Crippen LogP contribution >= 0.6 is 0 Å². The molecule has 0 saturated heterocycles. The first-order valence-electron chi connectivity index (χ1n) is 6.82. The summed E-state index contributed by atoms with van der Waals surface area (Å²) in [6.45, 7) is 0. The van der Waals surface area contributed by atoms with Crippen LogP contribution in [0, 0.1) is 5.92 Å². The summed E-state index contributed by atoms with van der Waals surface area (Å²) in [6, 6.07) is 1.82. The minimum absolute atomic E-state index is 0.600. The predicted molar refractivity (Wildman–Crippen MR) is 71.1 cm³/mol. The van der Waals surface area contributed by atoms with Gasteiger partial charge in [-0.15, -0.1) is 0 Å². The van der Waals surface area contributed by atoms with Crippen molar-refractivity contribution in [3.8, 4) is 0 Å². The molecule has 1 aliphatic rings. The molecule has 96 valence electrons. The maximum Gasteiger partial charge on any atom is 0.247 e. The number of fused-ring (bicyclic) bond motifs is 1. The minimum atomic E-state index is 0.600. The molecule has 4 heteroatoms. The van der Waals surface area contributed by atoms with Crippen molar-refractivity contribution in [3.05, 3.63) is 18.2 Å². The van der Waals surface area contributed by atoms with Crippen molar-refractivity contribution in [3.63, 3.8) is 0 Å². The zero-order valence-corrected chi connectivity index (χ0v) is 10.6. The molecule has 0 aromatic carbocycles. The summed E-state index contributed by atoms with van der Waals surface area (Å²) >= 11 is 0. The number of oxazole rings is 1. The Bertz CT molecular complexity index is 529. The molecular weight excluding hydrogens is 226 g/mol. The van der Waals surface area contributed by atoms with Crippen LogP contribution in [0.15, 0.2) is 16.7 Å². The third-order valence-electron chi connectivity index (χ3n) is 3.80. The van der Waals surface area contributed by atoms with Crippen LogP contribution in [0.25, 0.3) is 11.2 Å². The van der Waals surface area contributed by atoms with E-state index in [0.29, 0.717) is 11.4 Å². The second-order valence-electron chi connectivity index (χ2n) is 5.24. The number of nitrogen functional groups attached to an aromatic ring is 1. The molecule has 2 aromatic heterocycles. The Morgan fingerprint density at radius 2 is 2.11 bits per heavy atom. The highest BCUT2D eigenvalue weighted by atomic mass is 16.4. The van der Waals surface area contributed by atoms with Gasteiger partial charge < -0.3 is 10.2 Å². The van der Waals surface area contributed by atoms with E-state index in [1.54, 1.807) is 6.20 Å². The van der Waals surface area contributed by atoms with E-state index in [0.717, 1.165) is 23.7 Å². The Morgan fingerprint density at radius 3 is 2.94 bits per heavy atom. The molecule has 2 N–H and O–H groups in total. The van der Waals surface area contributed by atoms with E-state index in [1.165, 1.54) is 38.5 Å². The predicted octanol–water partition coefficient (Wildman–Crippen LogP) is 3.32. The fourth-order valence-electron chi connectivity index (χ4n) is 2.79. The molecule has 2 aromatic rings. The van der Waals surface area contributed by atoms with Crippen LogP contribution < -0.4 is 5.73 Å². The zero-order valence-electron chi connectivity index (χ0n) is 10.6. The van der Waals surface area contributed by atoms with Gasteiger partial charge in [-0.25, -0.2) is 9.97 Å². The number of nitrogens with zero attached hydrogens (tertiary/aromatic N) is 2. The van der Waals surface area contributed by atoms with Gasteiger partial charge in [0.05, 0.1) is 11.9 Å². The third kappa shape index (κ3) is 2.47. The van der Waals surface area contributed by atoms with Crippen LogP contribution in [-0.2, 0) is 6.42 Å². The molecule has 0 radical (unpaired) electrons. The number of hydrogen-bond acceptors (Lipinski definition) is 4. The average molecular weight is 245 g/mol. The lowest BCUT2D eigenvalue weighted by Gasteiger charge is -2.20. The van der Waals surface area contributed by atoms with Gasteiger partial charge in [0.2, 0.25) is 5.71 Å². The summed E-state index contributed by atoms with van der Waals surface area (Å²) in [5, 5.41) is 0.